The number of nitrogens with zero attached hydrogens (tertiary/aromatic N) is 1. The largest absolute Gasteiger partial charge is 0.371 e. The lowest BCUT2D eigenvalue weighted by molar-refractivity contribution is -0.120. The Morgan fingerprint density at radius 1 is 1.08 bits per heavy atom. The molecule has 126 valence electrons. The SMILES string of the molecule is Cc1ccc(N2CCC(C(=O)Nc3cc(Cl)ccc3Cl)CC2)cc1. The molecule has 5 heteroatoms. The zero-order valence-electron chi connectivity index (χ0n) is 13.6. The summed E-state index contributed by atoms with van der Waals surface area (Å²) in [6, 6.07) is 13.6. The van der Waals surface area contributed by atoms with Gasteiger partial charge in [0.15, 0.2) is 0 Å². The van der Waals surface area contributed by atoms with Crippen molar-refractivity contribution in [2.45, 2.75) is 19.8 Å². The first-order valence-corrected chi connectivity index (χ1v) is 8.86. The summed E-state index contributed by atoms with van der Waals surface area (Å²) >= 11 is 12.1. The van der Waals surface area contributed by atoms with Crippen LogP contribution >= 0.6 is 23.2 Å². The van der Waals surface area contributed by atoms with Gasteiger partial charge in [0.25, 0.3) is 0 Å². The van der Waals surface area contributed by atoms with Gasteiger partial charge < -0.3 is 10.2 Å². The summed E-state index contributed by atoms with van der Waals surface area (Å²) in [6.07, 6.45) is 1.66. The number of nitrogens with one attached hydrogen (secondary N) is 1. The second-order valence-corrected chi connectivity index (χ2v) is 7.05. The number of aryl methyl sites for hydroxylation is 1. The van der Waals surface area contributed by atoms with Crippen molar-refractivity contribution in [3.8, 4) is 0 Å². The molecule has 0 spiro atoms. The second kappa shape index (κ2) is 7.45. The average molecular weight is 363 g/mol. The Hall–Kier alpha value is -1.71. The number of piperidine rings is 1. The van der Waals surface area contributed by atoms with Crippen molar-refractivity contribution >= 4 is 40.5 Å². The van der Waals surface area contributed by atoms with Gasteiger partial charge in [0, 0.05) is 29.7 Å². The molecule has 1 N–H and O–H groups in total. The molecule has 1 aliphatic rings. The summed E-state index contributed by atoms with van der Waals surface area (Å²) in [5.74, 6) is 0.0180. The molecule has 0 atom stereocenters. The zero-order chi connectivity index (χ0) is 17.1. The van der Waals surface area contributed by atoms with Crippen LogP contribution in [0.25, 0.3) is 0 Å². The van der Waals surface area contributed by atoms with Gasteiger partial charge in [-0.3, -0.25) is 4.79 Å². The third-order valence-corrected chi connectivity index (χ3v) is 5.02. The summed E-state index contributed by atoms with van der Waals surface area (Å²) < 4.78 is 0. The van der Waals surface area contributed by atoms with Gasteiger partial charge >= 0.3 is 0 Å². The molecule has 0 bridgehead atoms. The van der Waals surface area contributed by atoms with Crippen LogP contribution in [-0.4, -0.2) is 19.0 Å². The molecular weight excluding hydrogens is 343 g/mol. The van der Waals surface area contributed by atoms with Crippen molar-refractivity contribution in [1.29, 1.82) is 0 Å². The highest BCUT2D eigenvalue weighted by atomic mass is 35.5. The predicted molar refractivity (Wildman–Crippen MR) is 101 cm³/mol. The van der Waals surface area contributed by atoms with E-state index in [1.54, 1.807) is 18.2 Å². The number of carbonyl (C=O) groups is 1. The van der Waals surface area contributed by atoms with Crippen LogP contribution < -0.4 is 10.2 Å². The van der Waals surface area contributed by atoms with Gasteiger partial charge in [-0.2, -0.15) is 0 Å². The van der Waals surface area contributed by atoms with Gasteiger partial charge in [-0.05, 0) is 50.1 Å². The minimum atomic E-state index is 0.00162. The molecule has 1 aliphatic heterocycles. The first-order valence-electron chi connectivity index (χ1n) is 8.10. The van der Waals surface area contributed by atoms with Gasteiger partial charge in [-0.15, -0.1) is 0 Å². The van der Waals surface area contributed by atoms with Gasteiger partial charge in [0.1, 0.15) is 0 Å². The topological polar surface area (TPSA) is 32.3 Å². The van der Waals surface area contributed by atoms with Gasteiger partial charge in [0.2, 0.25) is 5.91 Å². The van der Waals surface area contributed by atoms with Gasteiger partial charge in [-0.25, -0.2) is 0 Å². The number of anilines is 2. The monoisotopic (exact) mass is 362 g/mol. The maximum absolute atomic E-state index is 12.5. The Morgan fingerprint density at radius 2 is 1.75 bits per heavy atom. The molecule has 1 saturated heterocycles. The maximum atomic E-state index is 12.5. The Bertz CT molecular complexity index is 723. The van der Waals surface area contributed by atoms with Crippen molar-refractivity contribution in [2.24, 2.45) is 5.92 Å². The predicted octanol–water partition coefficient (Wildman–Crippen LogP) is 5.16. The lowest BCUT2D eigenvalue weighted by Crippen LogP contribution is -2.38. The summed E-state index contributed by atoms with van der Waals surface area (Å²) in [7, 11) is 0. The van der Waals surface area contributed by atoms with Crippen molar-refractivity contribution in [3.63, 3.8) is 0 Å². The molecule has 2 aromatic carbocycles. The molecule has 24 heavy (non-hydrogen) atoms. The molecule has 0 radical (unpaired) electrons. The molecular formula is C19H20Cl2N2O. The average Bonchev–Trinajstić information content (AvgIpc) is 2.59. The Morgan fingerprint density at radius 3 is 2.42 bits per heavy atom. The molecule has 3 rings (SSSR count). The van der Waals surface area contributed by atoms with E-state index in [1.165, 1.54) is 11.3 Å². The number of benzene rings is 2. The maximum Gasteiger partial charge on any atom is 0.227 e. The van der Waals surface area contributed by atoms with Crippen LogP contribution in [0.5, 0.6) is 0 Å². The smallest absolute Gasteiger partial charge is 0.227 e. The van der Waals surface area contributed by atoms with E-state index in [9.17, 15) is 4.79 Å². The van der Waals surface area contributed by atoms with Crippen LogP contribution in [0.3, 0.4) is 0 Å². The van der Waals surface area contributed by atoms with Crippen LogP contribution in [0.2, 0.25) is 10.0 Å². The minimum Gasteiger partial charge on any atom is -0.371 e. The van der Waals surface area contributed by atoms with Gasteiger partial charge in [-0.1, -0.05) is 40.9 Å². The van der Waals surface area contributed by atoms with E-state index >= 15 is 0 Å². The molecule has 0 saturated carbocycles. The van der Waals surface area contributed by atoms with Gasteiger partial charge in [0.05, 0.1) is 10.7 Å². The molecule has 1 fully saturated rings. The summed E-state index contributed by atoms with van der Waals surface area (Å²) in [5.41, 5.74) is 3.05. The minimum absolute atomic E-state index is 0.00162. The van der Waals surface area contributed by atoms with Crippen molar-refractivity contribution in [1.82, 2.24) is 0 Å². The molecule has 3 nitrogen and oxygen atoms in total. The fourth-order valence-electron chi connectivity index (χ4n) is 2.98. The fraction of sp³-hybridized carbons (Fsp3) is 0.316. The lowest BCUT2D eigenvalue weighted by atomic mass is 9.95. The van der Waals surface area contributed by atoms with Crippen LogP contribution in [0, 0.1) is 12.8 Å². The Labute approximate surface area is 152 Å². The number of rotatable bonds is 3. The first-order chi connectivity index (χ1) is 11.5. The third kappa shape index (κ3) is 4.03. The standard InChI is InChI=1S/C19H20Cl2N2O/c1-13-2-5-16(6-3-13)23-10-8-14(9-11-23)19(24)22-18-12-15(20)4-7-17(18)21/h2-7,12,14H,8-11H2,1H3,(H,22,24). The van der Waals surface area contributed by atoms with Crippen molar-refractivity contribution in [2.75, 3.05) is 23.3 Å². The van der Waals surface area contributed by atoms with E-state index in [-0.39, 0.29) is 11.8 Å². The van der Waals surface area contributed by atoms with Crippen molar-refractivity contribution in [3.05, 3.63) is 58.1 Å². The highest BCUT2D eigenvalue weighted by molar-refractivity contribution is 6.35. The van der Waals surface area contributed by atoms with E-state index in [0.29, 0.717) is 15.7 Å². The number of hydrogen-bond acceptors (Lipinski definition) is 2. The highest BCUT2D eigenvalue weighted by Gasteiger charge is 2.25. The summed E-state index contributed by atoms with van der Waals surface area (Å²) in [4.78, 5) is 14.8. The molecule has 0 aliphatic carbocycles. The first kappa shape index (κ1) is 17.1. The molecule has 1 heterocycles. The summed E-state index contributed by atoms with van der Waals surface area (Å²) in [6.45, 7) is 3.84. The molecule has 2 aromatic rings. The fourth-order valence-corrected chi connectivity index (χ4v) is 3.32. The summed E-state index contributed by atoms with van der Waals surface area (Å²) in [5, 5.41) is 3.97. The van der Waals surface area contributed by atoms with Crippen molar-refractivity contribution < 1.29 is 4.79 Å². The van der Waals surface area contributed by atoms with Crippen LogP contribution in [0.4, 0.5) is 11.4 Å². The number of amides is 1. The quantitative estimate of drug-likeness (QED) is 0.817. The lowest BCUT2D eigenvalue weighted by Gasteiger charge is -2.33. The normalized spacial score (nSPS) is 15.4. The van der Waals surface area contributed by atoms with E-state index in [0.717, 1.165) is 25.9 Å². The highest BCUT2D eigenvalue weighted by Crippen LogP contribution is 2.28. The van der Waals surface area contributed by atoms with E-state index in [1.807, 2.05) is 0 Å². The third-order valence-electron chi connectivity index (χ3n) is 4.45. The molecule has 1 amide bonds. The van der Waals surface area contributed by atoms with E-state index in [2.05, 4.69) is 41.4 Å². The van der Waals surface area contributed by atoms with E-state index in [4.69, 9.17) is 23.2 Å². The molecule has 0 aromatic heterocycles. The second-order valence-electron chi connectivity index (χ2n) is 6.21. The molecule has 0 unspecified atom stereocenters. The van der Waals surface area contributed by atoms with Crippen LogP contribution in [0.1, 0.15) is 18.4 Å². The number of hydrogen-bond donors (Lipinski definition) is 1. The number of carbonyl (C=O) groups excluding carboxylic acids is 1. The Balaban J connectivity index is 1.59. The number of halogens is 2. The van der Waals surface area contributed by atoms with Crippen LogP contribution in [0.15, 0.2) is 42.5 Å². The Kier molecular flexibility index (Phi) is 5.32. The zero-order valence-corrected chi connectivity index (χ0v) is 15.1. The van der Waals surface area contributed by atoms with Crippen LogP contribution in [-0.2, 0) is 4.79 Å². The van der Waals surface area contributed by atoms with E-state index < -0.39 is 0 Å².